The van der Waals surface area contributed by atoms with Gasteiger partial charge in [0, 0.05) is 47.0 Å². The standard InChI is InChI=1S/C18H19N3O/c1-20(2)7-8-21-11-12-9-17-15(10-14(12)18(21)22)13-5-3-4-6-16(13)19-17/h3-6,9-10,19H,7-8,11H2,1-2H3. The highest BCUT2D eigenvalue weighted by Crippen LogP contribution is 2.31. The van der Waals surface area contributed by atoms with E-state index in [9.17, 15) is 4.79 Å². The molecule has 0 saturated carbocycles. The Balaban J connectivity index is 1.77. The minimum Gasteiger partial charge on any atom is -0.355 e. The first-order chi connectivity index (χ1) is 10.6. The second kappa shape index (κ2) is 4.85. The van der Waals surface area contributed by atoms with Crippen LogP contribution in [0.25, 0.3) is 21.8 Å². The SMILES string of the molecule is CN(C)CCN1Cc2cc3[nH]c4ccccc4c3cc2C1=O. The molecule has 0 bridgehead atoms. The van der Waals surface area contributed by atoms with Gasteiger partial charge in [-0.15, -0.1) is 0 Å². The van der Waals surface area contributed by atoms with E-state index >= 15 is 0 Å². The van der Waals surface area contributed by atoms with Crippen molar-refractivity contribution >= 4 is 27.7 Å². The number of rotatable bonds is 3. The zero-order valence-electron chi connectivity index (χ0n) is 12.9. The van der Waals surface area contributed by atoms with Crippen LogP contribution in [0.1, 0.15) is 15.9 Å². The van der Waals surface area contributed by atoms with Crippen LogP contribution in [0.2, 0.25) is 0 Å². The Morgan fingerprint density at radius 2 is 1.95 bits per heavy atom. The summed E-state index contributed by atoms with van der Waals surface area (Å²) in [5, 5.41) is 2.32. The second-order valence-corrected chi connectivity index (χ2v) is 6.26. The van der Waals surface area contributed by atoms with Gasteiger partial charge in [-0.05, 0) is 37.9 Å². The number of carbonyl (C=O) groups excluding carboxylic acids is 1. The van der Waals surface area contributed by atoms with Crippen molar-refractivity contribution in [2.24, 2.45) is 0 Å². The van der Waals surface area contributed by atoms with Crippen molar-refractivity contribution in [2.75, 3.05) is 27.2 Å². The van der Waals surface area contributed by atoms with Gasteiger partial charge in [0.25, 0.3) is 5.91 Å². The molecular weight excluding hydrogens is 274 g/mol. The number of hydrogen-bond acceptors (Lipinski definition) is 2. The van der Waals surface area contributed by atoms with E-state index in [1.807, 2.05) is 31.1 Å². The van der Waals surface area contributed by atoms with Gasteiger partial charge >= 0.3 is 0 Å². The monoisotopic (exact) mass is 293 g/mol. The smallest absolute Gasteiger partial charge is 0.254 e. The molecule has 1 N–H and O–H groups in total. The first-order valence-electron chi connectivity index (χ1n) is 7.61. The molecule has 0 fully saturated rings. The van der Waals surface area contributed by atoms with Crippen LogP contribution in [-0.2, 0) is 6.54 Å². The van der Waals surface area contributed by atoms with Gasteiger partial charge in [0.05, 0.1) is 0 Å². The van der Waals surface area contributed by atoms with Crippen LogP contribution in [0.3, 0.4) is 0 Å². The summed E-state index contributed by atoms with van der Waals surface area (Å²) in [5.41, 5.74) is 4.22. The van der Waals surface area contributed by atoms with Crippen molar-refractivity contribution in [3.8, 4) is 0 Å². The van der Waals surface area contributed by atoms with Crippen LogP contribution in [0, 0.1) is 0 Å². The van der Waals surface area contributed by atoms with Gasteiger partial charge in [0.15, 0.2) is 0 Å². The normalized spacial score (nSPS) is 14.5. The van der Waals surface area contributed by atoms with E-state index in [0.29, 0.717) is 6.54 Å². The van der Waals surface area contributed by atoms with Crippen molar-refractivity contribution in [1.29, 1.82) is 0 Å². The zero-order chi connectivity index (χ0) is 15.3. The average Bonchev–Trinajstić information content (AvgIpc) is 3.01. The summed E-state index contributed by atoms with van der Waals surface area (Å²) in [6, 6.07) is 12.4. The molecule has 1 amide bonds. The van der Waals surface area contributed by atoms with Gasteiger partial charge in [-0.25, -0.2) is 0 Å². The van der Waals surface area contributed by atoms with Gasteiger partial charge < -0.3 is 14.8 Å². The van der Waals surface area contributed by atoms with Crippen LogP contribution >= 0.6 is 0 Å². The Morgan fingerprint density at radius 3 is 2.77 bits per heavy atom. The molecule has 0 saturated heterocycles. The Labute approximate surface area is 129 Å². The lowest BCUT2D eigenvalue weighted by molar-refractivity contribution is 0.0768. The largest absolute Gasteiger partial charge is 0.355 e. The lowest BCUT2D eigenvalue weighted by Gasteiger charge is -2.18. The van der Waals surface area contributed by atoms with Crippen molar-refractivity contribution in [1.82, 2.24) is 14.8 Å². The Kier molecular flexibility index (Phi) is 2.94. The predicted octanol–water partition coefficient (Wildman–Crippen LogP) is 2.84. The van der Waals surface area contributed by atoms with E-state index in [4.69, 9.17) is 0 Å². The summed E-state index contributed by atoms with van der Waals surface area (Å²) in [5.74, 6) is 0.157. The minimum absolute atomic E-state index is 0.157. The molecule has 3 aromatic rings. The number of hydrogen-bond donors (Lipinski definition) is 1. The predicted molar refractivity (Wildman–Crippen MR) is 89.1 cm³/mol. The average molecular weight is 293 g/mol. The number of aromatic nitrogens is 1. The number of nitrogens with zero attached hydrogens (tertiary/aromatic N) is 2. The zero-order valence-corrected chi connectivity index (χ0v) is 12.9. The number of H-pyrrole nitrogens is 1. The first kappa shape index (κ1) is 13.3. The maximum absolute atomic E-state index is 12.6. The third-order valence-electron chi connectivity index (χ3n) is 4.43. The molecule has 112 valence electrons. The lowest BCUT2D eigenvalue weighted by atomic mass is 10.1. The van der Waals surface area contributed by atoms with Crippen LogP contribution in [0.4, 0.5) is 0 Å². The number of fused-ring (bicyclic) bond motifs is 4. The molecule has 2 heterocycles. The van der Waals surface area contributed by atoms with E-state index < -0.39 is 0 Å². The van der Waals surface area contributed by atoms with Gasteiger partial charge in [0.2, 0.25) is 0 Å². The van der Waals surface area contributed by atoms with Gasteiger partial charge in [-0.2, -0.15) is 0 Å². The summed E-state index contributed by atoms with van der Waals surface area (Å²) in [6.07, 6.45) is 0. The van der Waals surface area contributed by atoms with Crippen molar-refractivity contribution in [3.05, 3.63) is 47.5 Å². The van der Waals surface area contributed by atoms with Gasteiger partial charge in [0.1, 0.15) is 0 Å². The summed E-state index contributed by atoms with van der Waals surface area (Å²) >= 11 is 0. The number of aromatic amines is 1. The molecule has 0 atom stereocenters. The highest BCUT2D eigenvalue weighted by molar-refractivity contribution is 6.11. The number of nitrogens with one attached hydrogen (secondary N) is 1. The fraction of sp³-hybridized carbons (Fsp3) is 0.278. The molecule has 4 heteroatoms. The molecule has 22 heavy (non-hydrogen) atoms. The molecular formula is C18H19N3O. The number of amides is 1. The Hall–Kier alpha value is -2.33. The topological polar surface area (TPSA) is 39.3 Å². The van der Waals surface area contributed by atoms with E-state index in [0.717, 1.165) is 40.6 Å². The summed E-state index contributed by atoms with van der Waals surface area (Å²) in [6.45, 7) is 2.38. The molecule has 4 rings (SSSR count). The maximum atomic E-state index is 12.6. The first-order valence-corrected chi connectivity index (χ1v) is 7.61. The van der Waals surface area contributed by atoms with Crippen molar-refractivity contribution in [2.45, 2.75) is 6.54 Å². The van der Waals surface area contributed by atoms with E-state index in [2.05, 4.69) is 34.1 Å². The van der Waals surface area contributed by atoms with Crippen molar-refractivity contribution < 1.29 is 4.79 Å². The third kappa shape index (κ3) is 1.99. The molecule has 1 aliphatic rings. The summed E-state index contributed by atoms with van der Waals surface area (Å²) in [7, 11) is 4.06. The molecule has 2 aromatic carbocycles. The molecule has 0 unspecified atom stereocenters. The Bertz CT molecular complexity index is 879. The summed E-state index contributed by atoms with van der Waals surface area (Å²) in [4.78, 5) is 20.1. The second-order valence-electron chi connectivity index (χ2n) is 6.26. The quantitative estimate of drug-likeness (QED) is 0.806. The van der Waals surface area contributed by atoms with Gasteiger partial charge in [-0.1, -0.05) is 18.2 Å². The fourth-order valence-corrected chi connectivity index (χ4v) is 3.22. The number of likely N-dealkylation sites (N-methyl/N-ethyl adjacent to an activating group) is 1. The van der Waals surface area contributed by atoms with Crippen LogP contribution in [0.15, 0.2) is 36.4 Å². The van der Waals surface area contributed by atoms with E-state index in [-0.39, 0.29) is 5.91 Å². The van der Waals surface area contributed by atoms with Crippen LogP contribution in [0.5, 0.6) is 0 Å². The van der Waals surface area contributed by atoms with E-state index in [1.54, 1.807) is 0 Å². The van der Waals surface area contributed by atoms with Crippen LogP contribution in [-0.4, -0.2) is 47.9 Å². The highest BCUT2D eigenvalue weighted by Gasteiger charge is 2.28. The highest BCUT2D eigenvalue weighted by atomic mass is 16.2. The molecule has 1 aliphatic heterocycles. The van der Waals surface area contributed by atoms with Crippen molar-refractivity contribution in [3.63, 3.8) is 0 Å². The number of para-hydroxylation sites is 1. The fourth-order valence-electron chi connectivity index (χ4n) is 3.22. The minimum atomic E-state index is 0.157. The molecule has 4 nitrogen and oxygen atoms in total. The molecule has 0 aliphatic carbocycles. The third-order valence-corrected chi connectivity index (χ3v) is 4.43. The molecule has 1 aromatic heterocycles. The lowest BCUT2D eigenvalue weighted by Crippen LogP contribution is -2.31. The number of carbonyl (C=O) groups is 1. The number of benzene rings is 2. The maximum Gasteiger partial charge on any atom is 0.254 e. The summed E-state index contributed by atoms with van der Waals surface area (Å²) < 4.78 is 0. The van der Waals surface area contributed by atoms with Crippen LogP contribution < -0.4 is 0 Å². The van der Waals surface area contributed by atoms with E-state index in [1.165, 1.54) is 5.39 Å². The molecule has 0 radical (unpaired) electrons. The van der Waals surface area contributed by atoms with Gasteiger partial charge in [-0.3, -0.25) is 4.79 Å². The molecule has 0 spiro atoms. The Morgan fingerprint density at radius 1 is 1.14 bits per heavy atom.